The Labute approximate surface area is 571 Å². The van der Waals surface area contributed by atoms with Crippen LogP contribution in [0.5, 0.6) is 17.2 Å². The van der Waals surface area contributed by atoms with E-state index in [-0.39, 0.29) is 28.6 Å². The molecule has 23 nitrogen and oxygen atoms in total. The van der Waals surface area contributed by atoms with Crippen LogP contribution in [0.25, 0.3) is 50.9 Å². The fourth-order valence-electron chi connectivity index (χ4n) is 13.4. The Morgan fingerprint density at radius 3 is 1.08 bits per heavy atom. The van der Waals surface area contributed by atoms with E-state index < -0.39 is 0 Å². The lowest BCUT2D eigenvalue weighted by Crippen LogP contribution is -2.46. The highest BCUT2D eigenvalue weighted by molar-refractivity contribution is 5.88. The number of aromatic nitrogens is 12. The molecule has 3 spiro atoms. The molecule has 7 N–H and O–H groups in total. The van der Waals surface area contributed by atoms with E-state index in [1.54, 1.807) is 9.59 Å². The summed E-state index contributed by atoms with van der Waals surface area (Å²) in [7, 11) is 0. The van der Waals surface area contributed by atoms with E-state index in [0.29, 0.717) is 43.7 Å². The maximum absolute atomic E-state index is 11.0. The summed E-state index contributed by atoms with van der Waals surface area (Å²) in [4.78, 5) is 26.7. The molecule has 15 rings (SSSR count). The summed E-state index contributed by atoms with van der Waals surface area (Å²) in [6.07, 6.45) is 17.9. The molecule has 3 fully saturated rings. The second kappa shape index (κ2) is 31.0. The van der Waals surface area contributed by atoms with Gasteiger partial charge >= 0.3 is 0 Å². The number of carbonyl (C=O) groups is 2. The van der Waals surface area contributed by atoms with Gasteiger partial charge < -0.3 is 46.5 Å². The van der Waals surface area contributed by atoms with Crippen LogP contribution in [0.15, 0.2) is 164 Å². The highest BCUT2D eigenvalue weighted by Crippen LogP contribution is 2.46. The van der Waals surface area contributed by atoms with Crippen LogP contribution < -0.4 is 46.5 Å². The zero-order valence-electron chi connectivity index (χ0n) is 55.8. The molecule has 0 atom stereocenters. The first-order chi connectivity index (χ1) is 48.0. The van der Waals surface area contributed by atoms with Crippen LogP contribution in [0.2, 0.25) is 0 Å². The number of unbranched alkanes of at least 4 members (excludes halogenated alkanes) is 3. The highest BCUT2D eigenvalue weighted by atomic mass is 16.5. The average molecular weight is 1320 g/mol. The third-order valence-corrected chi connectivity index (χ3v) is 18.7. The van der Waals surface area contributed by atoms with Crippen LogP contribution >= 0.6 is 0 Å². The van der Waals surface area contributed by atoms with E-state index in [2.05, 4.69) is 188 Å². The Balaban J connectivity index is 0.000000132. The topological polar surface area (TPSA) is 279 Å². The number of nitrogens with two attached hydrogens (primary N) is 1. The molecule has 0 bridgehead atoms. The molecule has 3 saturated heterocycles. The van der Waals surface area contributed by atoms with Crippen LogP contribution in [0.3, 0.4) is 0 Å². The predicted octanol–water partition coefficient (Wildman–Crippen LogP) is 9.04. The fraction of sp³-hybridized carbons (Fsp3) is 0.373. The Morgan fingerprint density at radius 1 is 0.408 bits per heavy atom. The largest absolute Gasteiger partial charge is 0.482 e. The maximum atomic E-state index is 11.0. The quantitative estimate of drug-likeness (QED) is 0.0412. The zero-order valence-corrected chi connectivity index (χ0v) is 55.8. The molecule has 2 amide bonds. The van der Waals surface area contributed by atoms with Gasteiger partial charge in [0.1, 0.15) is 34.1 Å². The number of aryl methyl sites for hydroxylation is 2. The number of hydrogen-bond donors (Lipinski definition) is 6. The standard InChI is InChI=1S/C26H32N6O.C25H28N6O2.C24H26N6O2/c27-15-5-1-2-6-18-32-30-25(29-31-32)21-11-9-20(10-12-21)23-19-26(13-16-28-17-14-26)33-24-8-4-3-7-22(23)24;1-18(32)27-13-4-16-31-29-24(28-30-31)20-9-7-19(8-10-20)22-17-25(11-14-26-15-12-25)33-23-6-3-2-5-21(22)23;1-17(31)26-14-15-30-28-23(27-29-30)19-8-6-18(7-9-19)21-16-24(10-12-25-13-11-24)32-22-5-3-2-4-20(21)22/h3-4,7-12,19,28H,1-2,5-6,13-18,27H2;2-3,5-10,17,26H,4,11-16H2,1H3,(H,27,32);2-9,16,25H,10-15H2,1H3,(H,26,31). The van der Waals surface area contributed by atoms with Crippen LogP contribution in [0.1, 0.15) is 118 Å². The summed E-state index contributed by atoms with van der Waals surface area (Å²) in [5.74, 6) is 4.58. The number of carbonyl (C=O) groups excluding carboxylic acids is 2. The molecule has 6 aliphatic heterocycles. The number of hydrogen-bond acceptors (Lipinski definition) is 18. The number of amides is 2. The molecular weight excluding hydrogens is 1230 g/mol. The van der Waals surface area contributed by atoms with Gasteiger partial charge in [-0.3, -0.25) is 9.59 Å². The van der Waals surface area contributed by atoms with Crippen molar-refractivity contribution in [2.45, 2.75) is 121 Å². The molecule has 0 aliphatic carbocycles. The van der Waals surface area contributed by atoms with Gasteiger partial charge in [0.25, 0.3) is 0 Å². The van der Waals surface area contributed by atoms with Gasteiger partial charge in [-0.1, -0.05) is 140 Å². The molecule has 98 heavy (non-hydrogen) atoms. The Bertz CT molecular complexity index is 4270. The van der Waals surface area contributed by atoms with Crippen molar-refractivity contribution in [3.63, 3.8) is 0 Å². The summed E-state index contributed by atoms with van der Waals surface area (Å²) < 4.78 is 19.5. The average Bonchev–Trinajstić information content (AvgIpc) is 0.909. The van der Waals surface area contributed by atoms with Crippen LogP contribution in [0, 0.1) is 0 Å². The van der Waals surface area contributed by atoms with Gasteiger partial charge in [-0.05, 0) is 151 Å². The van der Waals surface area contributed by atoms with Gasteiger partial charge in [0.05, 0.1) is 19.6 Å². The minimum Gasteiger partial charge on any atom is -0.482 e. The zero-order chi connectivity index (χ0) is 67.2. The number of nitrogens with one attached hydrogen (secondary N) is 5. The van der Waals surface area contributed by atoms with Gasteiger partial charge in [0.2, 0.25) is 29.3 Å². The monoisotopic (exact) mass is 1320 g/mol. The van der Waals surface area contributed by atoms with Gasteiger partial charge in [-0.25, -0.2) is 0 Å². The summed E-state index contributed by atoms with van der Waals surface area (Å²) in [5.41, 5.74) is 18.1. The van der Waals surface area contributed by atoms with Crippen molar-refractivity contribution in [3.05, 3.63) is 197 Å². The van der Waals surface area contributed by atoms with Crippen LogP contribution in [-0.2, 0) is 29.2 Å². The molecule has 23 heteroatoms. The Morgan fingerprint density at radius 2 is 0.724 bits per heavy atom. The van der Waals surface area contributed by atoms with Gasteiger partial charge in [0.15, 0.2) is 0 Å². The molecule has 0 unspecified atom stereocenters. The molecular formula is C75H86N18O5. The van der Waals surface area contributed by atoms with Gasteiger partial charge in [-0.15, -0.1) is 30.6 Å². The molecule has 6 aliphatic rings. The lowest BCUT2D eigenvalue weighted by molar-refractivity contribution is -0.119. The second-order valence-corrected chi connectivity index (χ2v) is 25.8. The molecule has 506 valence electrons. The lowest BCUT2D eigenvalue weighted by Gasteiger charge is -2.40. The summed E-state index contributed by atoms with van der Waals surface area (Å²) in [6, 6.07) is 50.0. The van der Waals surface area contributed by atoms with Crippen LogP contribution in [-0.4, -0.2) is 148 Å². The third kappa shape index (κ3) is 16.1. The van der Waals surface area contributed by atoms with Crippen molar-refractivity contribution in [1.29, 1.82) is 0 Å². The van der Waals surface area contributed by atoms with Crippen molar-refractivity contribution in [3.8, 4) is 51.4 Å². The third-order valence-electron chi connectivity index (χ3n) is 18.7. The normalized spacial score (nSPS) is 16.7. The number of tetrazole rings is 3. The first-order valence-corrected chi connectivity index (χ1v) is 34.5. The van der Waals surface area contributed by atoms with Crippen molar-refractivity contribution in [2.75, 3.05) is 58.9 Å². The van der Waals surface area contributed by atoms with E-state index in [1.165, 1.54) is 40.9 Å². The minimum atomic E-state index is -0.258. The number of para-hydroxylation sites is 3. The highest BCUT2D eigenvalue weighted by Gasteiger charge is 2.40. The van der Waals surface area contributed by atoms with Crippen LogP contribution in [0.4, 0.5) is 0 Å². The number of fused-ring (bicyclic) bond motifs is 3. The number of ether oxygens (including phenoxy) is 3. The first kappa shape index (κ1) is 66.5. The fourth-order valence-corrected chi connectivity index (χ4v) is 13.4. The number of nitrogens with zero attached hydrogens (tertiary/aromatic N) is 12. The van der Waals surface area contributed by atoms with E-state index in [4.69, 9.17) is 19.9 Å². The SMILES string of the molecule is CC(=O)NCCCn1nnc(-c2ccc(C3=CC4(CCNCC4)Oc4ccccc43)cc2)n1.CC(=O)NCCn1nnc(-c2ccc(C3=CC4(CCNCC4)Oc4ccccc43)cc2)n1.NCCCCCCn1nnc(-c2ccc(C3=CC4(CCNCC4)Oc4ccccc43)cc2)n1. The number of piperidine rings is 3. The van der Waals surface area contributed by atoms with E-state index in [1.807, 2.05) is 48.5 Å². The van der Waals surface area contributed by atoms with Crippen molar-refractivity contribution in [2.24, 2.45) is 5.73 Å². The van der Waals surface area contributed by atoms with Gasteiger partial charge in [-0.2, -0.15) is 14.4 Å². The molecule has 3 aromatic heterocycles. The van der Waals surface area contributed by atoms with Crippen molar-refractivity contribution >= 4 is 28.5 Å². The summed E-state index contributed by atoms with van der Waals surface area (Å²) in [6.45, 7) is 12.4. The molecule has 0 radical (unpaired) electrons. The smallest absolute Gasteiger partial charge is 0.216 e. The predicted molar refractivity (Wildman–Crippen MR) is 376 cm³/mol. The molecule has 0 saturated carbocycles. The minimum absolute atomic E-state index is 0.0318. The van der Waals surface area contributed by atoms with E-state index >= 15 is 0 Å². The van der Waals surface area contributed by atoms with E-state index in [0.717, 1.165) is 185 Å². The second-order valence-electron chi connectivity index (χ2n) is 25.8. The molecule has 9 heterocycles. The number of benzene rings is 6. The summed E-state index contributed by atoms with van der Waals surface area (Å²) in [5, 5.41) is 54.4. The maximum Gasteiger partial charge on any atom is 0.216 e. The van der Waals surface area contributed by atoms with E-state index in [9.17, 15) is 9.59 Å². The number of rotatable bonds is 19. The Kier molecular flexibility index (Phi) is 21.0. The lowest BCUT2D eigenvalue weighted by atomic mass is 9.83. The van der Waals surface area contributed by atoms with Crippen molar-refractivity contribution in [1.82, 2.24) is 87.2 Å². The summed E-state index contributed by atoms with van der Waals surface area (Å²) >= 11 is 0. The first-order valence-electron chi connectivity index (χ1n) is 34.5. The van der Waals surface area contributed by atoms with Crippen molar-refractivity contribution < 1.29 is 23.8 Å². The molecule has 9 aromatic rings. The van der Waals surface area contributed by atoms with Gasteiger partial charge in [0, 0.05) is 98.8 Å². The molecule has 6 aromatic carbocycles. The Hall–Kier alpha value is -10.1.